The van der Waals surface area contributed by atoms with Gasteiger partial charge in [-0.15, -0.1) is 0 Å². The molecular weight excluding hydrogens is 278 g/mol. The number of fused-ring (bicyclic) bond motifs is 1. The lowest BCUT2D eigenvalue weighted by molar-refractivity contribution is -0.119. The maximum absolute atomic E-state index is 12.6. The van der Waals surface area contributed by atoms with Gasteiger partial charge in [-0.2, -0.15) is 0 Å². The number of benzene rings is 2. The summed E-state index contributed by atoms with van der Waals surface area (Å²) in [4.78, 5) is 25.7. The molecule has 0 radical (unpaired) electrons. The number of hydrogen-bond donors (Lipinski definition) is 2. The van der Waals surface area contributed by atoms with E-state index in [2.05, 4.69) is 5.32 Å². The third-order valence-corrected chi connectivity index (χ3v) is 3.79. The minimum atomic E-state index is -0.651. The molecule has 0 aromatic heterocycles. The number of hydrogen-bond acceptors (Lipinski definition) is 2. The molecule has 3 amide bonds. The molecule has 3 rings (SSSR count). The first-order valence-corrected chi connectivity index (χ1v) is 7.10. The van der Waals surface area contributed by atoms with Crippen molar-refractivity contribution in [2.75, 3.05) is 10.2 Å². The van der Waals surface area contributed by atoms with Crippen molar-refractivity contribution in [1.29, 1.82) is 0 Å². The van der Waals surface area contributed by atoms with E-state index in [-0.39, 0.29) is 6.03 Å². The summed E-state index contributed by atoms with van der Waals surface area (Å²) >= 11 is 0. The Balaban J connectivity index is 1.90. The fraction of sp³-hybridized carbons (Fsp3) is 0.176. The quantitative estimate of drug-likeness (QED) is 0.893. The largest absolute Gasteiger partial charge is 0.368 e. The predicted octanol–water partition coefficient (Wildman–Crippen LogP) is 2.44. The smallest absolute Gasteiger partial charge is 0.327 e. The minimum absolute atomic E-state index is 0.348. The van der Waals surface area contributed by atoms with Crippen LogP contribution < -0.4 is 16.0 Å². The first-order chi connectivity index (χ1) is 10.6. The van der Waals surface area contributed by atoms with Crippen molar-refractivity contribution in [2.24, 2.45) is 5.73 Å². The lowest BCUT2D eigenvalue weighted by Gasteiger charge is -2.23. The number of anilines is 2. The average Bonchev–Trinajstić information content (AvgIpc) is 2.87. The van der Waals surface area contributed by atoms with E-state index in [4.69, 9.17) is 5.73 Å². The summed E-state index contributed by atoms with van der Waals surface area (Å²) < 4.78 is 0. The van der Waals surface area contributed by atoms with Crippen molar-refractivity contribution in [3.63, 3.8) is 0 Å². The summed E-state index contributed by atoms with van der Waals surface area (Å²) in [5.74, 6) is -0.504. The molecule has 0 bridgehead atoms. The Bertz CT molecular complexity index is 742. The molecule has 0 fully saturated rings. The van der Waals surface area contributed by atoms with E-state index in [1.165, 1.54) is 4.90 Å². The van der Waals surface area contributed by atoms with Crippen LogP contribution in [0, 0.1) is 6.92 Å². The highest BCUT2D eigenvalue weighted by Gasteiger charge is 2.37. The normalized spacial score (nSPS) is 16.2. The van der Waals surface area contributed by atoms with Gasteiger partial charge in [0.05, 0.1) is 0 Å². The van der Waals surface area contributed by atoms with Crippen LogP contribution in [0.25, 0.3) is 0 Å². The third kappa shape index (κ3) is 2.53. The van der Waals surface area contributed by atoms with Crippen LogP contribution in [0.15, 0.2) is 48.5 Å². The van der Waals surface area contributed by atoms with Gasteiger partial charge < -0.3 is 11.1 Å². The summed E-state index contributed by atoms with van der Waals surface area (Å²) in [6, 6.07) is 14.0. The maximum Gasteiger partial charge on any atom is 0.327 e. The molecule has 1 aliphatic heterocycles. The second kappa shape index (κ2) is 5.52. The van der Waals surface area contributed by atoms with E-state index in [1.54, 1.807) is 0 Å². The monoisotopic (exact) mass is 295 g/mol. The van der Waals surface area contributed by atoms with Crippen LogP contribution in [-0.2, 0) is 11.2 Å². The van der Waals surface area contributed by atoms with Crippen molar-refractivity contribution >= 4 is 23.3 Å². The number of para-hydroxylation sites is 1. The number of carbonyl (C=O) groups is 2. The van der Waals surface area contributed by atoms with Gasteiger partial charge in [0, 0.05) is 17.8 Å². The van der Waals surface area contributed by atoms with Crippen molar-refractivity contribution < 1.29 is 9.59 Å². The fourth-order valence-electron chi connectivity index (χ4n) is 2.77. The highest BCUT2D eigenvalue weighted by molar-refractivity contribution is 6.08. The first-order valence-electron chi connectivity index (χ1n) is 7.10. The molecular formula is C17H17N3O2. The van der Waals surface area contributed by atoms with Crippen molar-refractivity contribution in [3.8, 4) is 0 Å². The van der Waals surface area contributed by atoms with E-state index < -0.39 is 11.9 Å². The number of rotatable bonds is 2. The molecule has 22 heavy (non-hydrogen) atoms. The summed E-state index contributed by atoms with van der Waals surface area (Å²) in [6.45, 7) is 1.95. The van der Waals surface area contributed by atoms with Crippen LogP contribution in [0.1, 0.15) is 11.1 Å². The standard InChI is InChI=1S/C17H17N3O2/c1-11-5-4-7-13(9-11)19-17(22)20-14-8-3-2-6-12(14)10-15(20)16(18)21/h2-9,15H,10H2,1H3,(H2,18,21)(H,19,22). The summed E-state index contributed by atoms with van der Waals surface area (Å²) in [7, 11) is 0. The SMILES string of the molecule is Cc1cccc(NC(=O)N2c3ccccc3CC2C(N)=O)c1. The molecule has 112 valence electrons. The average molecular weight is 295 g/mol. The lowest BCUT2D eigenvalue weighted by Crippen LogP contribution is -2.47. The van der Waals surface area contributed by atoms with Gasteiger partial charge in [-0.3, -0.25) is 9.69 Å². The van der Waals surface area contributed by atoms with Crippen molar-refractivity contribution in [1.82, 2.24) is 0 Å². The summed E-state index contributed by atoms with van der Waals surface area (Å²) in [5, 5.41) is 2.83. The third-order valence-electron chi connectivity index (χ3n) is 3.79. The number of aryl methyl sites for hydroxylation is 1. The maximum atomic E-state index is 12.6. The molecule has 5 heteroatoms. The van der Waals surface area contributed by atoms with Gasteiger partial charge in [-0.1, -0.05) is 30.3 Å². The lowest BCUT2D eigenvalue weighted by atomic mass is 10.1. The fourth-order valence-corrected chi connectivity index (χ4v) is 2.77. The highest BCUT2D eigenvalue weighted by Crippen LogP contribution is 2.32. The molecule has 1 atom stereocenters. The zero-order chi connectivity index (χ0) is 15.7. The van der Waals surface area contributed by atoms with Crippen molar-refractivity contribution in [3.05, 3.63) is 59.7 Å². The van der Waals surface area contributed by atoms with Gasteiger partial charge in [-0.25, -0.2) is 4.79 Å². The van der Waals surface area contributed by atoms with Gasteiger partial charge in [0.25, 0.3) is 0 Å². The van der Waals surface area contributed by atoms with E-state index in [1.807, 2.05) is 55.5 Å². The second-order valence-corrected chi connectivity index (χ2v) is 5.42. The Kier molecular flexibility index (Phi) is 3.55. The molecule has 3 N–H and O–H groups in total. The van der Waals surface area contributed by atoms with Crippen LogP contribution in [0.3, 0.4) is 0 Å². The van der Waals surface area contributed by atoms with Crippen LogP contribution >= 0.6 is 0 Å². The molecule has 0 aliphatic carbocycles. The number of primary amides is 1. The summed E-state index contributed by atoms with van der Waals surface area (Å²) in [6.07, 6.45) is 0.451. The number of carbonyl (C=O) groups excluding carboxylic acids is 2. The number of amides is 3. The molecule has 1 aliphatic rings. The predicted molar refractivity (Wildman–Crippen MR) is 85.8 cm³/mol. The van der Waals surface area contributed by atoms with E-state index >= 15 is 0 Å². The Labute approximate surface area is 128 Å². The second-order valence-electron chi connectivity index (χ2n) is 5.42. The van der Waals surface area contributed by atoms with Gasteiger partial charge in [-0.05, 0) is 36.2 Å². The molecule has 1 heterocycles. The van der Waals surface area contributed by atoms with Crippen molar-refractivity contribution in [2.45, 2.75) is 19.4 Å². The number of nitrogens with zero attached hydrogens (tertiary/aromatic N) is 1. The van der Waals surface area contributed by atoms with E-state index in [0.29, 0.717) is 12.1 Å². The Hall–Kier alpha value is -2.82. The number of urea groups is 1. The van der Waals surface area contributed by atoms with Crippen LogP contribution in [-0.4, -0.2) is 18.0 Å². The number of nitrogens with two attached hydrogens (primary N) is 1. The first kappa shape index (κ1) is 14.1. The molecule has 0 saturated heterocycles. The molecule has 2 aromatic rings. The Morgan fingerprint density at radius 2 is 1.95 bits per heavy atom. The van der Waals surface area contributed by atoms with Crippen LogP contribution in [0.5, 0.6) is 0 Å². The van der Waals surface area contributed by atoms with Gasteiger partial charge in [0.15, 0.2) is 0 Å². The van der Waals surface area contributed by atoms with Gasteiger partial charge >= 0.3 is 6.03 Å². The van der Waals surface area contributed by atoms with Crippen LogP contribution in [0.4, 0.5) is 16.2 Å². The van der Waals surface area contributed by atoms with Gasteiger partial charge in [0.2, 0.25) is 5.91 Å². The molecule has 0 spiro atoms. The zero-order valence-electron chi connectivity index (χ0n) is 12.2. The topological polar surface area (TPSA) is 75.4 Å². The molecule has 5 nitrogen and oxygen atoms in total. The molecule has 1 unspecified atom stereocenters. The van der Waals surface area contributed by atoms with E-state index in [9.17, 15) is 9.59 Å². The molecule has 0 saturated carbocycles. The molecule has 2 aromatic carbocycles. The zero-order valence-corrected chi connectivity index (χ0v) is 12.2. The Morgan fingerprint density at radius 1 is 1.18 bits per heavy atom. The number of nitrogens with one attached hydrogen (secondary N) is 1. The van der Waals surface area contributed by atoms with Gasteiger partial charge in [0.1, 0.15) is 6.04 Å². The van der Waals surface area contributed by atoms with Crippen LogP contribution in [0.2, 0.25) is 0 Å². The highest BCUT2D eigenvalue weighted by atomic mass is 16.2. The Morgan fingerprint density at radius 3 is 2.68 bits per heavy atom. The van der Waals surface area contributed by atoms with E-state index in [0.717, 1.165) is 16.8 Å². The summed E-state index contributed by atoms with van der Waals surface area (Å²) in [5.41, 5.74) is 8.88. The minimum Gasteiger partial charge on any atom is -0.368 e.